The standard InChI is InChI=1S/C26H28N4O3S/c1-18-13-28-26(34-16-20-4-2-10-27-14-20)29-25(18)21-5-3-11-30(15-21)24(31)9-7-19-6-8-22-23(12-19)33-17-32-22/h2,4,6,8,10,12-14,21H,3,5,7,9,11,15-17H2,1H3/t21-/m0/s1. The van der Waals surface area contributed by atoms with Crippen molar-refractivity contribution >= 4 is 17.7 Å². The number of thioether (sulfide) groups is 1. The molecule has 176 valence electrons. The molecule has 2 aliphatic heterocycles. The van der Waals surface area contributed by atoms with Crippen molar-refractivity contribution in [1.29, 1.82) is 0 Å². The van der Waals surface area contributed by atoms with Gasteiger partial charge in [-0.15, -0.1) is 0 Å². The van der Waals surface area contributed by atoms with E-state index in [4.69, 9.17) is 14.5 Å². The Morgan fingerprint density at radius 3 is 2.97 bits per heavy atom. The molecule has 0 aliphatic carbocycles. The summed E-state index contributed by atoms with van der Waals surface area (Å²) in [5.74, 6) is 2.75. The first-order valence-electron chi connectivity index (χ1n) is 11.7. The second-order valence-electron chi connectivity index (χ2n) is 8.74. The molecule has 8 heteroatoms. The molecule has 1 aromatic carbocycles. The maximum absolute atomic E-state index is 13.0. The molecule has 0 bridgehead atoms. The largest absolute Gasteiger partial charge is 0.454 e. The van der Waals surface area contributed by atoms with Crippen LogP contribution in [0.25, 0.3) is 0 Å². The second-order valence-corrected chi connectivity index (χ2v) is 9.68. The predicted molar refractivity (Wildman–Crippen MR) is 130 cm³/mol. The number of fused-ring (bicyclic) bond motifs is 1. The van der Waals surface area contributed by atoms with E-state index in [9.17, 15) is 4.79 Å². The summed E-state index contributed by atoms with van der Waals surface area (Å²) in [6.07, 6.45) is 8.77. The number of benzene rings is 1. The van der Waals surface area contributed by atoms with E-state index in [0.29, 0.717) is 19.4 Å². The summed E-state index contributed by atoms with van der Waals surface area (Å²) >= 11 is 1.62. The van der Waals surface area contributed by atoms with Gasteiger partial charge in [-0.1, -0.05) is 23.9 Å². The van der Waals surface area contributed by atoms with Gasteiger partial charge >= 0.3 is 0 Å². The number of carbonyl (C=O) groups is 1. The Labute approximate surface area is 203 Å². The van der Waals surface area contributed by atoms with Crippen LogP contribution >= 0.6 is 11.8 Å². The molecule has 1 fully saturated rings. The van der Waals surface area contributed by atoms with Crippen LogP contribution in [0.2, 0.25) is 0 Å². The SMILES string of the molecule is Cc1cnc(SCc2cccnc2)nc1[C@H]1CCCN(C(=O)CCc2ccc3c(c2)OCO3)C1. The summed E-state index contributed by atoms with van der Waals surface area (Å²) in [7, 11) is 0. The average molecular weight is 477 g/mol. The van der Waals surface area contributed by atoms with Crippen LogP contribution < -0.4 is 9.47 Å². The lowest BCUT2D eigenvalue weighted by Gasteiger charge is -2.33. The highest BCUT2D eigenvalue weighted by atomic mass is 32.2. The summed E-state index contributed by atoms with van der Waals surface area (Å²) in [6.45, 7) is 3.85. The van der Waals surface area contributed by atoms with Gasteiger partial charge < -0.3 is 14.4 Å². The fourth-order valence-corrected chi connectivity index (χ4v) is 5.24. The topological polar surface area (TPSA) is 77.4 Å². The van der Waals surface area contributed by atoms with Crippen LogP contribution in [-0.4, -0.2) is 45.6 Å². The van der Waals surface area contributed by atoms with Gasteiger partial charge in [-0.05, 0) is 61.1 Å². The number of nitrogens with zero attached hydrogens (tertiary/aromatic N) is 4. The lowest BCUT2D eigenvalue weighted by molar-refractivity contribution is -0.132. The minimum atomic E-state index is 0.195. The Hall–Kier alpha value is -3.13. The molecule has 0 unspecified atom stereocenters. The number of carbonyl (C=O) groups excluding carboxylic acids is 1. The lowest BCUT2D eigenvalue weighted by atomic mass is 9.92. The van der Waals surface area contributed by atoms with Gasteiger partial charge in [0.15, 0.2) is 16.7 Å². The quantitative estimate of drug-likeness (QED) is 0.366. The number of hydrogen-bond acceptors (Lipinski definition) is 7. The zero-order chi connectivity index (χ0) is 23.3. The molecule has 7 nitrogen and oxygen atoms in total. The minimum absolute atomic E-state index is 0.195. The van der Waals surface area contributed by atoms with Crippen LogP contribution in [0.5, 0.6) is 11.5 Å². The summed E-state index contributed by atoms with van der Waals surface area (Å²) < 4.78 is 10.8. The van der Waals surface area contributed by atoms with Gasteiger partial charge in [0.05, 0.1) is 5.69 Å². The Balaban J connectivity index is 1.20. The van der Waals surface area contributed by atoms with E-state index in [1.54, 1.807) is 18.0 Å². The number of hydrogen-bond donors (Lipinski definition) is 0. The van der Waals surface area contributed by atoms with Crippen molar-refractivity contribution in [3.05, 3.63) is 71.3 Å². The molecule has 0 spiro atoms. The molecule has 2 aromatic heterocycles. The summed E-state index contributed by atoms with van der Waals surface area (Å²) in [5, 5.41) is 0.774. The van der Waals surface area contributed by atoms with E-state index in [-0.39, 0.29) is 18.6 Å². The van der Waals surface area contributed by atoms with E-state index in [1.807, 2.05) is 41.6 Å². The van der Waals surface area contributed by atoms with Crippen LogP contribution in [0, 0.1) is 6.92 Å². The molecule has 1 atom stereocenters. The van der Waals surface area contributed by atoms with Crippen LogP contribution in [0.4, 0.5) is 0 Å². The molecule has 3 aromatic rings. The molecular weight excluding hydrogens is 448 g/mol. The first-order chi connectivity index (χ1) is 16.7. The predicted octanol–water partition coefficient (Wildman–Crippen LogP) is 4.54. The molecule has 5 rings (SSSR count). The third-order valence-electron chi connectivity index (χ3n) is 6.30. The van der Waals surface area contributed by atoms with Crippen molar-refractivity contribution in [2.75, 3.05) is 19.9 Å². The molecule has 0 N–H and O–H groups in total. The Morgan fingerprint density at radius 1 is 1.18 bits per heavy atom. The highest BCUT2D eigenvalue weighted by Gasteiger charge is 2.27. The number of rotatable bonds is 7. The van der Waals surface area contributed by atoms with E-state index in [0.717, 1.165) is 64.2 Å². The van der Waals surface area contributed by atoms with E-state index in [2.05, 4.69) is 23.0 Å². The van der Waals surface area contributed by atoms with Crippen molar-refractivity contribution in [1.82, 2.24) is 19.9 Å². The van der Waals surface area contributed by atoms with Gasteiger partial charge in [-0.3, -0.25) is 9.78 Å². The van der Waals surface area contributed by atoms with Gasteiger partial charge in [0.1, 0.15) is 0 Å². The fourth-order valence-electron chi connectivity index (χ4n) is 4.49. The summed E-state index contributed by atoms with van der Waals surface area (Å²) in [5.41, 5.74) is 4.39. The van der Waals surface area contributed by atoms with Crippen LogP contribution in [0.1, 0.15) is 47.6 Å². The molecular formula is C26H28N4O3S. The third kappa shape index (κ3) is 5.33. The Bertz CT molecular complexity index is 1160. The molecule has 0 radical (unpaired) electrons. The smallest absolute Gasteiger partial charge is 0.231 e. The minimum Gasteiger partial charge on any atom is -0.454 e. The van der Waals surface area contributed by atoms with E-state index < -0.39 is 0 Å². The molecule has 2 aliphatic rings. The number of piperidine rings is 1. The number of aryl methyl sites for hydroxylation is 2. The highest BCUT2D eigenvalue weighted by molar-refractivity contribution is 7.98. The number of pyridine rings is 1. The summed E-state index contributed by atoms with van der Waals surface area (Å²) in [4.78, 5) is 28.6. The maximum atomic E-state index is 13.0. The van der Waals surface area contributed by atoms with Crippen LogP contribution in [-0.2, 0) is 17.0 Å². The van der Waals surface area contributed by atoms with E-state index in [1.165, 1.54) is 0 Å². The average Bonchev–Trinajstić information content (AvgIpc) is 3.35. The lowest BCUT2D eigenvalue weighted by Crippen LogP contribution is -2.39. The van der Waals surface area contributed by atoms with Crippen LogP contribution in [0.3, 0.4) is 0 Å². The van der Waals surface area contributed by atoms with Gasteiger partial charge in [-0.2, -0.15) is 0 Å². The molecule has 4 heterocycles. The Morgan fingerprint density at radius 2 is 2.09 bits per heavy atom. The highest BCUT2D eigenvalue weighted by Crippen LogP contribution is 2.33. The number of likely N-dealkylation sites (tertiary alicyclic amines) is 1. The zero-order valence-corrected chi connectivity index (χ0v) is 20.1. The second kappa shape index (κ2) is 10.4. The maximum Gasteiger partial charge on any atom is 0.231 e. The third-order valence-corrected chi connectivity index (χ3v) is 7.24. The van der Waals surface area contributed by atoms with Gasteiger partial charge in [-0.25, -0.2) is 9.97 Å². The summed E-state index contributed by atoms with van der Waals surface area (Å²) in [6, 6.07) is 9.90. The van der Waals surface area contributed by atoms with Crippen LogP contribution in [0.15, 0.2) is 54.1 Å². The van der Waals surface area contributed by atoms with Crippen molar-refractivity contribution in [2.24, 2.45) is 0 Å². The molecule has 1 saturated heterocycles. The first-order valence-corrected chi connectivity index (χ1v) is 12.7. The first kappa shape index (κ1) is 22.7. The fraction of sp³-hybridized carbons (Fsp3) is 0.385. The Kier molecular flexibility index (Phi) is 6.94. The molecule has 1 amide bonds. The van der Waals surface area contributed by atoms with Gasteiger partial charge in [0, 0.05) is 49.8 Å². The normalized spacial score (nSPS) is 17.1. The van der Waals surface area contributed by atoms with Crippen molar-refractivity contribution in [2.45, 2.75) is 49.4 Å². The number of aromatic nitrogens is 3. The van der Waals surface area contributed by atoms with Gasteiger partial charge in [0.25, 0.3) is 0 Å². The van der Waals surface area contributed by atoms with Crippen molar-refractivity contribution in [3.8, 4) is 11.5 Å². The number of amides is 1. The number of ether oxygens (including phenoxy) is 2. The molecule has 34 heavy (non-hydrogen) atoms. The zero-order valence-electron chi connectivity index (χ0n) is 19.3. The van der Waals surface area contributed by atoms with Crippen molar-refractivity contribution in [3.63, 3.8) is 0 Å². The monoisotopic (exact) mass is 476 g/mol. The van der Waals surface area contributed by atoms with E-state index >= 15 is 0 Å². The van der Waals surface area contributed by atoms with Crippen molar-refractivity contribution < 1.29 is 14.3 Å². The molecule has 0 saturated carbocycles. The van der Waals surface area contributed by atoms with Gasteiger partial charge in [0.2, 0.25) is 12.7 Å².